The van der Waals surface area contributed by atoms with Gasteiger partial charge in [0.15, 0.2) is 0 Å². The Morgan fingerprint density at radius 1 is 1.36 bits per heavy atom. The largest absolute Gasteiger partial charge is 0.465 e. The molecule has 0 radical (unpaired) electrons. The van der Waals surface area contributed by atoms with Crippen molar-refractivity contribution in [2.45, 2.75) is 37.9 Å². The SMILES string of the molecule is C.CC(=O)OCC(C)Br.CC(Br)CO. The van der Waals surface area contributed by atoms with E-state index in [0.717, 1.165) is 0 Å². The zero-order chi connectivity index (χ0) is 10.9. The molecule has 0 heterocycles. The van der Waals surface area contributed by atoms with Crippen LogP contribution in [0.25, 0.3) is 0 Å². The molecule has 0 bridgehead atoms. The van der Waals surface area contributed by atoms with E-state index in [1.165, 1.54) is 6.92 Å². The molecule has 88 valence electrons. The first-order valence-corrected chi connectivity index (χ1v) is 5.75. The molecule has 0 amide bonds. The highest BCUT2D eigenvalue weighted by Gasteiger charge is 1.96. The molecule has 0 spiro atoms. The summed E-state index contributed by atoms with van der Waals surface area (Å²) in [5, 5.41) is 8.10. The Kier molecular flexibility index (Phi) is 19.0. The van der Waals surface area contributed by atoms with Crippen LogP contribution in [0.2, 0.25) is 0 Å². The third-order valence-electron chi connectivity index (χ3n) is 0.768. The van der Waals surface area contributed by atoms with Crippen LogP contribution in [0.4, 0.5) is 0 Å². The van der Waals surface area contributed by atoms with Gasteiger partial charge in [0, 0.05) is 16.6 Å². The second kappa shape index (κ2) is 13.4. The van der Waals surface area contributed by atoms with E-state index in [2.05, 4.69) is 36.6 Å². The van der Waals surface area contributed by atoms with Crippen LogP contribution < -0.4 is 0 Å². The molecule has 14 heavy (non-hydrogen) atoms. The summed E-state index contributed by atoms with van der Waals surface area (Å²) in [5.74, 6) is -0.226. The van der Waals surface area contributed by atoms with Crippen LogP contribution >= 0.6 is 31.9 Å². The maximum Gasteiger partial charge on any atom is 0.302 e. The standard InChI is InChI=1S/C5H9BrO2.C3H7BrO.CH4/c1-4(6)3-8-5(2)7;1-3(4)2-5;/h4H,3H2,1-2H3;3,5H,2H2,1H3;1H4. The van der Waals surface area contributed by atoms with E-state index in [-0.39, 0.29) is 29.7 Å². The Morgan fingerprint density at radius 2 is 1.71 bits per heavy atom. The fraction of sp³-hybridized carbons (Fsp3) is 0.889. The van der Waals surface area contributed by atoms with E-state index >= 15 is 0 Å². The highest BCUT2D eigenvalue weighted by atomic mass is 79.9. The van der Waals surface area contributed by atoms with Gasteiger partial charge in [0.1, 0.15) is 6.61 Å². The van der Waals surface area contributed by atoms with Gasteiger partial charge in [0.05, 0.1) is 6.61 Å². The molecule has 2 unspecified atom stereocenters. The minimum atomic E-state index is -0.226. The van der Waals surface area contributed by atoms with Crippen LogP contribution in [0.1, 0.15) is 28.2 Å². The van der Waals surface area contributed by atoms with Crippen molar-refractivity contribution >= 4 is 37.8 Å². The fourth-order valence-electron chi connectivity index (χ4n) is 0.232. The number of ether oxygens (including phenoxy) is 1. The minimum Gasteiger partial charge on any atom is -0.465 e. The second-order valence-corrected chi connectivity index (χ2v) is 5.67. The molecule has 0 fully saturated rings. The summed E-state index contributed by atoms with van der Waals surface area (Å²) in [6, 6.07) is 0. The smallest absolute Gasteiger partial charge is 0.302 e. The molecule has 0 saturated heterocycles. The van der Waals surface area contributed by atoms with Crippen molar-refractivity contribution in [1.82, 2.24) is 0 Å². The van der Waals surface area contributed by atoms with Gasteiger partial charge in [-0.3, -0.25) is 4.79 Å². The molecule has 0 aliphatic heterocycles. The number of esters is 1. The normalized spacial score (nSPS) is 12.7. The van der Waals surface area contributed by atoms with Crippen LogP contribution in [0.5, 0.6) is 0 Å². The van der Waals surface area contributed by atoms with Crippen LogP contribution in [-0.2, 0) is 9.53 Å². The summed E-state index contributed by atoms with van der Waals surface area (Å²) in [5.41, 5.74) is 0. The number of alkyl halides is 2. The molecule has 0 saturated carbocycles. The Labute approximate surface area is 103 Å². The van der Waals surface area contributed by atoms with Crippen molar-refractivity contribution < 1.29 is 14.6 Å². The average molecular weight is 336 g/mol. The number of aliphatic hydroxyl groups is 1. The first-order valence-electron chi connectivity index (χ1n) is 3.92. The monoisotopic (exact) mass is 334 g/mol. The molecule has 1 N–H and O–H groups in total. The predicted molar refractivity (Wildman–Crippen MR) is 67.2 cm³/mol. The number of hydrogen-bond acceptors (Lipinski definition) is 3. The van der Waals surface area contributed by atoms with Crippen molar-refractivity contribution in [3.8, 4) is 0 Å². The lowest BCUT2D eigenvalue weighted by atomic mass is 10.5. The average Bonchev–Trinajstić information content (AvgIpc) is 2.02. The van der Waals surface area contributed by atoms with E-state index in [0.29, 0.717) is 6.61 Å². The van der Waals surface area contributed by atoms with Crippen LogP contribution in [0.3, 0.4) is 0 Å². The lowest BCUT2D eigenvalue weighted by Crippen LogP contribution is -2.07. The van der Waals surface area contributed by atoms with E-state index < -0.39 is 0 Å². The molecular weight excluding hydrogens is 316 g/mol. The number of hydrogen-bond donors (Lipinski definition) is 1. The van der Waals surface area contributed by atoms with Gasteiger partial charge in [0.25, 0.3) is 0 Å². The minimum absolute atomic E-state index is 0. The Morgan fingerprint density at radius 3 is 1.79 bits per heavy atom. The van der Waals surface area contributed by atoms with E-state index in [4.69, 9.17) is 5.11 Å². The summed E-state index contributed by atoms with van der Waals surface area (Å²) in [6.07, 6.45) is 0. The van der Waals surface area contributed by atoms with Gasteiger partial charge in [0.2, 0.25) is 0 Å². The quantitative estimate of drug-likeness (QED) is 0.637. The molecule has 5 heteroatoms. The van der Waals surface area contributed by atoms with Gasteiger partial charge in [-0.1, -0.05) is 46.2 Å². The Balaban J connectivity index is -0.000000177. The van der Waals surface area contributed by atoms with Crippen molar-refractivity contribution in [3.63, 3.8) is 0 Å². The lowest BCUT2D eigenvalue weighted by molar-refractivity contribution is -0.140. The first-order chi connectivity index (χ1) is 5.90. The number of rotatable bonds is 3. The van der Waals surface area contributed by atoms with Crippen molar-refractivity contribution in [3.05, 3.63) is 0 Å². The molecule has 2 atom stereocenters. The summed E-state index contributed by atoms with van der Waals surface area (Å²) in [4.78, 5) is 10.6. The van der Waals surface area contributed by atoms with E-state index in [1.807, 2.05) is 13.8 Å². The Hall–Kier alpha value is 0.390. The van der Waals surface area contributed by atoms with E-state index in [9.17, 15) is 4.79 Å². The Bertz CT molecular complexity index is 127. The number of carbonyl (C=O) groups is 1. The van der Waals surface area contributed by atoms with Crippen molar-refractivity contribution in [2.75, 3.05) is 13.2 Å². The fourth-order valence-corrected chi connectivity index (χ4v) is 0.364. The lowest BCUT2D eigenvalue weighted by Gasteiger charge is -2.00. The van der Waals surface area contributed by atoms with Gasteiger partial charge < -0.3 is 9.84 Å². The molecule has 0 aromatic rings. The highest BCUT2D eigenvalue weighted by molar-refractivity contribution is 9.09. The van der Waals surface area contributed by atoms with Gasteiger partial charge in [-0.2, -0.15) is 0 Å². The van der Waals surface area contributed by atoms with Gasteiger partial charge in [-0.05, 0) is 6.92 Å². The van der Waals surface area contributed by atoms with Crippen molar-refractivity contribution in [1.29, 1.82) is 0 Å². The zero-order valence-electron chi connectivity index (χ0n) is 8.09. The van der Waals surface area contributed by atoms with Gasteiger partial charge in [-0.25, -0.2) is 0 Å². The van der Waals surface area contributed by atoms with E-state index in [1.54, 1.807) is 0 Å². The summed E-state index contributed by atoms with van der Waals surface area (Å²) in [6.45, 7) is 5.88. The first kappa shape index (κ1) is 19.9. The topological polar surface area (TPSA) is 46.5 Å². The summed E-state index contributed by atoms with van der Waals surface area (Å²) < 4.78 is 4.62. The van der Waals surface area contributed by atoms with Gasteiger partial charge in [-0.15, -0.1) is 0 Å². The maximum atomic E-state index is 10.1. The van der Waals surface area contributed by atoms with Crippen LogP contribution in [0, 0.1) is 0 Å². The summed E-state index contributed by atoms with van der Waals surface area (Å²) >= 11 is 6.35. The predicted octanol–water partition coefficient (Wildman–Crippen LogP) is 2.73. The van der Waals surface area contributed by atoms with Crippen LogP contribution in [0.15, 0.2) is 0 Å². The third kappa shape index (κ3) is 29.4. The number of aliphatic hydroxyl groups excluding tert-OH is 1. The zero-order valence-corrected chi connectivity index (χ0v) is 11.3. The number of halogens is 2. The molecule has 3 nitrogen and oxygen atoms in total. The molecule has 0 aromatic carbocycles. The second-order valence-electron chi connectivity index (χ2n) is 2.55. The molecule has 0 aliphatic rings. The third-order valence-corrected chi connectivity index (χ3v) is 1.32. The molecule has 0 aromatic heterocycles. The molecular formula is C9H20Br2O3. The summed E-state index contributed by atoms with van der Waals surface area (Å²) in [7, 11) is 0. The molecule has 0 rings (SSSR count). The number of carbonyl (C=O) groups excluding carboxylic acids is 1. The highest BCUT2D eigenvalue weighted by Crippen LogP contribution is 1.96. The van der Waals surface area contributed by atoms with Crippen LogP contribution in [-0.4, -0.2) is 33.9 Å². The molecule has 0 aliphatic carbocycles. The van der Waals surface area contributed by atoms with Gasteiger partial charge >= 0.3 is 5.97 Å². The maximum absolute atomic E-state index is 10.1. The van der Waals surface area contributed by atoms with Crippen molar-refractivity contribution in [2.24, 2.45) is 0 Å².